The summed E-state index contributed by atoms with van der Waals surface area (Å²) in [6.45, 7) is 0. The van der Waals surface area contributed by atoms with E-state index in [1.807, 2.05) is 17.4 Å². The summed E-state index contributed by atoms with van der Waals surface area (Å²) in [5.41, 5.74) is 16.6. The van der Waals surface area contributed by atoms with Gasteiger partial charge in [-0.3, -0.25) is 0 Å². The van der Waals surface area contributed by atoms with Gasteiger partial charge in [0.05, 0.1) is 5.69 Å². The van der Waals surface area contributed by atoms with E-state index in [0.717, 1.165) is 61.3 Å². The van der Waals surface area contributed by atoms with Crippen molar-refractivity contribution in [3.05, 3.63) is 237 Å². The van der Waals surface area contributed by atoms with Crippen LogP contribution in [0.1, 0.15) is 0 Å². The maximum absolute atomic E-state index is 6.57. The van der Waals surface area contributed by atoms with E-state index in [9.17, 15) is 0 Å². The summed E-state index contributed by atoms with van der Waals surface area (Å²) >= 11 is 1.86. The number of hydrogen-bond donors (Lipinski definition) is 0. The molecule has 0 fully saturated rings. The summed E-state index contributed by atoms with van der Waals surface area (Å²) in [4.78, 5) is 2.41. The second kappa shape index (κ2) is 15.5. The van der Waals surface area contributed by atoms with Crippen LogP contribution in [0.5, 0.6) is 0 Å². The Morgan fingerprint density at radius 1 is 0.302 bits per heavy atom. The molecule has 3 heteroatoms. The number of nitrogens with zero attached hydrogens (tertiary/aromatic N) is 1. The highest BCUT2D eigenvalue weighted by atomic mass is 32.1. The Balaban J connectivity index is 1.03. The van der Waals surface area contributed by atoms with E-state index in [-0.39, 0.29) is 0 Å². The predicted octanol–water partition coefficient (Wildman–Crippen LogP) is 17.8. The molecule has 10 aromatic carbocycles. The Kier molecular flexibility index (Phi) is 9.06. The van der Waals surface area contributed by atoms with Gasteiger partial charge in [-0.05, 0) is 93.0 Å². The number of hydrogen-bond acceptors (Lipinski definition) is 3. The molecule has 0 saturated heterocycles. The molecule has 296 valence electrons. The summed E-state index contributed by atoms with van der Waals surface area (Å²) in [6, 6.07) is 85.4. The number of furan rings is 1. The standard InChI is InChI=1S/C60H39NOS/c1-2-16-41(17-3-1)46-20-4-5-21-48(46)49-22-6-7-23-50(49)51-24-8-11-29-56(51)61(44-35-32-40(33-36-44)42-34-37-54-53-26-10-13-31-58(53)63-59(54)39-42)45-19-14-18-43(38-45)47-27-15-28-55-52-25-9-12-30-57(52)62-60(47)55/h1-39H. The minimum absolute atomic E-state index is 0.894. The normalized spacial score (nSPS) is 11.5. The van der Waals surface area contributed by atoms with Crippen LogP contribution in [0.2, 0.25) is 0 Å². The molecule has 0 spiro atoms. The predicted molar refractivity (Wildman–Crippen MR) is 268 cm³/mol. The number of fused-ring (bicyclic) bond motifs is 6. The molecule has 0 unspecified atom stereocenters. The van der Waals surface area contributed by atoms with E-state index in [0.29, 0.717) is 0 Å². The van der Waals surface area contributed by atoms with Crippen molar-refractivity contribution in [2.75, 3.05) is 4.90 Å². The molecule has 12 rings (SSSR count). The van der Waals surface area contributed by atoms with Gasteiger partial charge in [0, 0.05) is 53.4 Å². The smallest absolute Gasteiger partial charge is 0.143 e. The zero-order valence-electron chi connectivity index (χ0n) is 34.3. The van der Waals surface area contributed by atoms with Gasteiger partial charge in [-0.1, -0.05) is 188 Å². The maximum atomic E-state index is 6.57. The Hall–Kier alpha value is -7.98. The van der Waals surface area contributed by atoms with Crippen LogP contribution in [-0.4, -0.2) is 0 Å². The van der Waals surface area contributed by atoms with Gasteiger partial charge >= 0.3 is 0 Å². The third-order valence-electron chi connectivity index (χ3n) is 12.3. The summed E-state index contributed by atoms with van der Waals surface area (Å²) in [7, 11) is 0. The average molecular weight is 822 g/mol. The Labute approximate surface area is 370 Å². The first-order valence-electron chi connectivity index (χ1n) is 21.4. The highest BCUT2D eigenvalue weighted by Crippen LogP contribution is 2.47. The maximum Gasteiger partial charge on any atom is 0.143 e. The third kappa shape index (κ3) is 6.50. The van der Waals surface area contributed by atoms with Gasteiger partial charge in [0.2, 0.25) is 0 Å². The van der Waals surface area contributed by atoms with Crippen molar-refractivity contribution >= 4 is 70.5 Å². The lowest BCUT2D eigenvalue weighted by Crippen LogP contribution is -2.11. The highest BCUT2D eigenvalue weighted by molar-refractivity contribution is 7.25. The fraction of sp³-hybridized carbons (Fsp3) is 0. The van der Waals surface area contributed by atoms with Crippen molar-refractivity contribution in [3.8, 4) is 55.6 Å². The van der Waals surface area contributed by atoms with Crippen LogP contribution in [0.3, 0.4) is 0 Å². The van der Waals surface area contributed by atoms with Gasteiger partial charge in [-0.25, -0.2) is 0 Å². The molecule has 0 aliphatic carbocycles. The van der Waals surface area contributed by atoms with Crippen LogP contribution in [0.4, 0.5) is 17.1 Å². The summed E-state index contributed by atoms with van der Waals surface area (Å²) in [5.74, 6) is 0. The Bertz CT molecular complexity index is 3630. The number of rotatable bonds is 8. The van der Waals surface area contributed by atoms with Crippen molar-refractivity contribution in [1.82, 2.24) is 0 Å². The van der Waals surface area contributed by atoms with Crippen LogP contribution < -0.4 is 4.90 Å². The van der Waals surface area contributed by atoms with Crippen LogP contribution in [0, 0.1) is 0 Å². The van der Waals surface area contributed by atoms with Crippen LogP contribution >= 0.6 is 11.3 Å². The zero-order chi connectivity index (χ0) is 41.7. The first kappa shape index (κ1) is 36.8. The molecule has 2 nitrogen and oxygen atoms in total. The van der Waals surface area contributed by atoms with E-state index in [4.69, 9.17) is 4.42 Å². The third-order valence-corrected chi connectivity index (χ3v) is 13.5. The lowest BCUT2D eigenvalue weighted by Gasteiger charge is -2.29. The van der Waals surface area contributed by atoms with Gasteiger partial charge in [-0.15, -0.1) is 11.3 Å². The van der Waals surface area contributed by atoms with Gasteiger partial charge in [-0.2, -0.15) is 0 Å². The topological polar surface area (TPSA) is 16.4 Å². The Morgan fingerprint density at radius 2 is 0.873 bits per heavy atom. The van der Waals surface area contributed by atoms with Gasteiger partial charge in [0.1, 0.15) is 11.2 Å². The Morgan fingerprint density at radius 3 is 1.70 bits per heavy atom. The highest BCUT2D eigenvalue weighted by Gasteiger charge is 2.22. The first-order valence-corrected chi connectivity index (χ1v) is 22.2. The molecule has 0 bridgehead atoms. The van der Waals surface area contributed by atoms with Crippen molar-refractivity contribution < 1.29 is 4.42 Å². The molecule has 0 atom stereocenters. The average Bonchev–Trinajstić information content (AvgIpc) is 3.93. The van der Waals surface area contributed by atoms with E-state index >= 15 is 0 Å². The largest absolute Gasteiger partial charge is 0.455 e. The number of anilines is 3. The fourth-order valence-electron chi connectivity index (χ4n) is 9.36. The molecule has 0 amide bonds. The molecular weight excluding hydrogens is 783 g/mol. The lowest BCUT2D eigenvalue weighted by atomic mass is 9.88. The molecule has 0 aliphatic rings. The summed E-state index contributed by atoms with van der Waals surface area (Å²) in [5, 5.41) is 4.87. The van der Waals surface area contributed by atoms with Crippen molar-refractivity contribution in [2.24, 2.45) is 0 Å². The molecule has 0 radical (unpaired) electrons. The molecule has 0 N–H and O–H groups in total. The first-order chi connectivity index (χ1) is 31.2. The van der Waals surface area contributed by atoms with Crippen molar-refractivity contribution in [1.29, 1.82) is 0 Å². The molecule has 2 aromatic heterocycles. The number of para-hydroxylation sites is 3. The molecular formula is C60H39NOS. The molecule has 0 aliphatic heterocycles. The molecule has 63 heavy (non-hydrogen) atoms. The molecule has 0 saturated carbocycles. The van der Waals surface area contributed by atoms with E-state index < -0.39 is 0 Å². The zero-order valence-corrected chi connectivity index (χ0v) is 35.1. The molecule has 12 aromatic rings. The van der Waals surface area contributed by atoms with Crippen LogP contribution in [0.25, 0.3) is 97.7 Å². The van der Waals surface area contributed by atoms with E-state index in [2.05, 4.69) is 235 Å². The van der Waals surface area contributed by atoms with Gasteiger partial charge in [0.15, 0.2) is 0 Å². The van der Waals surface area contributed by atoms with Crippen LogP contribution in [-0.2, 0) is 0 Å². The fourth-order valence-corrected chi connectivity index (χ4v) is 10.5. The van der Waals surface area contributed by atoms with Crippen molar-refractivity contribution in [3.63, 3.8) is 0 Å². The quantitative estimate of drug-likeness (QED) is 0.152. The second-order valence-electron chi connectivity index (χ2n) is 16.0. The van der Waals surface area contributed by atoms with E-state index in [1.54, 1.807) is 0 Å². The minimum atomic E-state index is 0.894. The van der Waals surface area contributed by atoms with Gasteiger partial charge < -0.3 is 9.32 Å². The van der Waals surface area contributed by atoms with Crippen LogP contribution in [0.15, 0.2) is 241 Å². The molecule has 2 heterocycles. The minimum Gasteiger partial charge on any atom is -0.455 e. The monoisotopic (exact) mass is 821 g/mol. The second-order valence-corrected chi connectivity index (χ2v) is 17.1. The van der Waals surface area contributed by atoms with Crippen molar-refractivity contribution in [2.45, 2.75) is 0 Å². The number of thiophene rings is 1. The summed E-state index contributed by atoms with van der Waals surface area (Å²) < 4.78 is 9.19. The number of benzene rings is 10. The lowest BCUT2D eigenvalue weighted by molar-refractivity contribution is 0.670. The van der Waals surface area contributed by atoms with Gasteiger partial charge in [0.25, 0.3) is 0 Å². The van der Waals surface area contributed by atoms with E-state index in [1.165, 1.54) is 53.6 Å². The SMILES string of the molecule is c1ccc(-c2ccccc2-c2ccccc2-c2ccccc2N(c2ccc(-c3ccc4c(c3)sc3ccccc34)cc2)c2cccc(-c3cccc4c3oc3ccccc34)c2)cc1. The summed E-state index contributed by atoms with van der Waals surface area (Å²) in [6.07, 6.45) is 0.